The molecule has 0 spiro atoms. The van der Waals surface area contributed by atoms with Crippen molar-refractivity contribution in [3.8, 4) is 5.95 Å². The van der Waals surface area contributed by atoms with E-state index in [-0.39, 0.29) is 23.2 Å². The van der Waals surface area contributed by atoms with Crippen LogP contribution >= 0.6 is 23.4 Å². The fourth-order valence-electron chi connectivity index (χ4n) is 2.56. The maximum absolute atomic E-state index is 12.9. The van der Waals surface area contributed by atoms with Crippen LogP contribution in [-0.2, 0) is 4.79 Å². The summed E-state index contributed by atoms with van der Waals surface area (Å²) in [5.74, 6) is 0.0596. The zero-order valence-corrected chi connectivity index (χ0v) is 15.9. The number of thioether (sulfide) groups is 1. The third kappa shape index (κ3) is 3.75. The number of fused-ring (bicyclic) bond motifs is 1. The van der Waals surface area contributed by atoms with Crippen LogP contribution in [0.3, 0.4) is 0 Å². The van der Waals surface area contributed by atoms with Crippen molar-refractivity contribution >= 4 is 45.9 Å². The van der Waals surface area contributed by atoms with Gasteiger partial charge in [0.15, 0.2) is 5.16 Å². The minimum atomic E-state index is -0.289. The van der Waals surface area contributed by atoms with Gasteiger partial charge in [-0.2, -0.15) is 10.1 Å². The molecule has 2 heterocycles. The van der Waals surface area contributed by atoms with Gasteiger partial charge in [0.05, 0.1) is 16.7 Å². The highest BCUT2D eigenvalue weighted by atomic mass is 35.5. The molecular formula is C18H13ClN6O2S. The first-order valence-electron chi connectivity index (χ1n) is 8.17. The predicted molar refractivity (Wildman–Crippen MR) is 108 cm³/mol. The highest BCUT2D eigenvalue weighted by Gasteiger charge is 2.16. The topological polar surface area (TPSA) is 106 Å². The molecule has 0 aliphatic carbocycles. The van der Waals surface area contributed by atoms with Gasteiger partial charge in [0, 0.05) is 10.7 Å². The first-order chi connectivity index (χ1) is 13.6. The van der Waals surface area contributed by atoms with E-state index in [1.54, 1.807) is 48.5 Å². The van der Waals surface area contributed by atoms with E-state index in [4.69, 9.17) is 11.6 Å². The first kappa shape index (κ1) is 18.2. The third-order valence-electron chi connectivity index (χ3n) is 3.82. The molecule has 0 saturated heterocycles. The summed E-state index contributed by atoms with van der Waals surface area (Å²) in [5, 5.41) is 10.6. The number of hydrogen-bond acceptors (Lipinski definition) is 6. The normalized spacial score (nSPS) is 10.9. The van der Waals surface area contributed by atoms with E-state index in [1.807, 2.05) is 0 Å². The maximum atomic E-state index is 12.9. The molecule has 8 nitrogen and oxygen atoms in total. The molecule has 2 aromatic heterocycles. The van der Waals surface area contributed by atoms with Crippen molar-refractivity contribution < 1.29 is 4.79 Å². The summed E-state index contributed by atoms with van der Waals surface area (Å²) >= 11 is 6.98. The molecule has 0 fully saturated rings. The van der Waals surface area contributed by atoms with Crippen LogP contribution in [0, 0.1) is 0 Å². The summed E-state index contributed by atoms with van der Waals surface area (Å²) in [7, 11) is 0. The predicted octanol–water partition coefficient (Wildman–Crippen LogP) is 2.89. The lowest BCUT2D eigenvalue weighted by Gasteiger charge is -2.10. The van der Waals surface area contributed by atoms with Crippen molar-refractivity contribution in [1.29, 1.82) is 0 Å². The molecule has 0 atom stereocenters. The summed E-state index contributed by atoms with van der Waals surface area (Å²) in [5.41, 5.74) is 0.890. The lowest BCUT2D eigenvalue weighted by atomic mass is 10.2. The molecule has 4 aromatic rings. The number of aromatic nitrogens is 5. The monoisotopic (exact) mass is 412 g/mol. The molecule has 0 bridgehead atoms. The number of benzene rings is 2. The molecule has 28 heavy (non-hydrogen) atoms. The summed E-state index contributed by atoms with van der Waals surface area (Å²) in [6.07, 6.45) is 1.30. The second-order valence-corrected chi connectivity index (χ2v) is 7.08. The second kappa shape index (κ2) is 7.83. The first-order valence-corrected chi connectivity index (χ1v) is 9.54. The molecule has 10 heteroatoms. The van der Waals surface area contributed by atoms with Crippen molar-refractivity contribution in [3.05, 3.63) is 70.2 Å². The van der Waals surface area contributed by atoms with Crippen LogP contribution in [-0.4, -0.2) is 36.4 Å². The Balaban J connectivity index is 1.62. The van der Waals surface area contributed by atoms with Gasteiger partial charge >= 0.3 is 0 Å². The van der Waals surface area contributed by atoms with Crippen LogP contribution in [0.15, 0.2) is 64.8 Å². The number of anilines is 1. The summed E-state index contributed by atoms with van der Waals surface area (Å²) in [6.45, 7) is 0. The van der Waals surface area contributed by atoms with E-state index in [0.717, 1.165) is 11.8 Å². The van der Waals surface area contributed by atoms with Crippen LogP contribution in [0.1, 0.15) is 0 Å². The number of rotatable bonds is 5. The molecule has 4 rings (SSSR count). The minimum absolute atomic E-state index is 0.0571. The Morgan fingerprint density at radius 3 is 2.71 bits per heavy atom. The number of para-hydroxylation sites is 1. The number of carbonyl (C=O) groups excluding carboxylic acids is 1. The molecule has 2 aromatic carbocycles. The number of H-pyrrole nitrogens is 1. The zero-order valence-electron chi connectivity index (χ0n) is 14.3. The molecule has 0 unspecified atom stereocenters. The number of carbonyl (C=O) groups is 1. The van der Waals surface area contributed by atoms with Gasteiger partial charge in [0.2, 0.25) is 11.9 Å². The fraction of sp³-hybridized carbons (Fsp3) is 0.0556. The van der Waals surface area contributed by atoms with Gasteiger partial charge in [-0.1, -0.05) is 35.5 Å². The Hall–Kier alpha value is -3.17. The quantitative estimate of drug-likeness (QED) is 0.385. The van der Waals surface area contributed by atoms with Crippen molar-refractivity contribution in [2.24, 2.45) is 0 Å². The van der Waals surface area contributed by atoms with E-state index in [9.17, 15) is 9.59 Å². The largest absolute Gasteiger partial charge is 0.325 e. The Bertz CT molecular complexity index is 1190. The molecule has 140 valence electrons. The molecule has 0 radical (unpaired) electrons. The van der Waals surface area contributed by atoms with Crippen molar-refractivity contribution in [2.75, 3.05) is 11.1 Å². The van der Waals surface area contributed by atoms with Crippen LogP contribution in [0.4, 0.5) is 5.69 Å². The highest BCUT2D eigenvalue weighted by Crippen LogP contribution is 2.20. The van der Waals surface area contributed by atoms with Crippen LogP contribution < -0.4 is 10.9 Å². The van der Waals surface area contributed by atoms with Crippen LogP contribution in [0.2, 0.25) is 5.02 Å². The standard InChI is InChI=1S/C18H13ClN6O2S/c19-11-5-7-12(8-6-11)22-15(26)9-28-18-23-14-4-2-1-3-13(14)16(27)25(18)17-20-10-21-24-17/h1-8,10H,9H2,(H,22,26)(H,20,21,24). The SMILES string of the molecule is O=C(CSc1nc2ccccc2c(=O)n1-c1ncn[nH]1)Nc1ccc(Cl)cc1. The Morgan fingerprint density at radius 1 is 1.18 bits per heavy atom. The van der Waals surface area contributed by atoms with Gasteiger partial charge in [0.1, 0.15) is 6.33 Å². The lowest BCUT2D eigenvalue weighted by molar-refractivity contribution is -0.113. The van der Waals surface area contributed by atoms with Crippen LogP contribution in [0.25, 0.3) is 16.9 Å². The fourth-order valence-corrected chi connectivity index (χ4v) is 3.48. The van der Waals surface area contributed by atoms with E-state index in [0.29, 0.717) is 26.8 Å². The smallest absolute Gasteiger partial charge is 0.269 e. The molecular weight excluding hydrogens is 400 g/mol. The Labute approximate surface area is 168 Å². The molecule has 0 saturated carbocycles. The van der Waals surface area contributed by atoms with Gasteiger partial charge in [-0.15, -0.1) is 0 Å². The number of nitrogens with zero attached hydrogens (tertiary/aromatic N) is 4. The lowest BCUT2D eigenvalue weighted by Crippen LogP contribution is -2.23. The number of aromatic amines is 1. The summed E-state index contributed by atoms with van der Waals surface area (Å²) in [4.78, 5) is 33.8. The van der Waals surface area contributed by atoms with Crippen molar-refractivity contribution in [1.82, 2.24) is 24.7 Å². The Morgan fingerprint density at radius 2 is 1.96 bits per heavy atom. The zero-order chi connectivity index (χ0) is 19.5. The molecule has 2 N–H and O–H groups in total. The van der Waals surface area contributed by atoms with E-state index in [2.05, 4.69) is 25.5 Å². The van der Waals surface area contributed by atoms with E-state index >= 15 is 0 Å². The van der Waals surface area contributed by atoms with E-state index in [1.165, 1.54) is 10.9 Å². The van der Waals surface area contributed by atoms with Gasteiger partial charge in [-0.05, 0) is 36.4 Å². The molecule has 0 aliphatic rings. The highest BCUT2D eigenvalue weighted by molar-refractivity contribution is 7.99. The third-order valence-corrected chi connectivity index (χ3v) is 5.01. The summed E-state index contributed by atoms with van der Waals surface area (Å²) < 4.78 is 1.32. The average Bonchev–Trinajstić information content (AvgIpc) is 3.22. The minimum Gasteiger partial charge on any atom is -0.325 e. The van der Waals surface area contributed by atoms with Gasteiger partial charge in [-0.3, -0.25) is 9.59 Å². The van der Waals surface area contributed by atoms with Gasteiger partial charge < -0.3 is 5.32 Å². The summed E-state index contributed by atoms with van der Waals surface area (Å²) in [6, 6.07) is 13.8. The number of halogens is 1. The van der Waals surface area contributed by atoms with Crippen molar-refractivity contribution in [3.63, 3.8) is 0 Å². The second-order valence-electron chi connectivity index (χ2n) is 5.70. The maximum Gasteiger partial charge on any atom is 0.269 e. The Kier molecular flexibility index (Phi) is 5.09. The molecule has 1 amide bonds. The van der Waals surface area contributed by atoms with Crippen LogP contribution in [0.5, 0.6) is 0 Å². The molecule has 0 aliphatic heterocycles. The number of nitrogens with one attached hydrogen (secondary N) is 2. The number of amides is 1. The van der Waals surface area contributed by atoms with Gasteiger partial charge in [-0.25, -0.2) is 14.6 Å². The van der Waals surface area contributed by atoms with Crippen molar-refractivity contribution in [2.45, 2.75) is 5.16 Å². The average molecular weight is 413 g/mol. The van der Waals surface area contributed by atoms with Gasteiger partial charge in [0.25, 0.3) is 5.56 Å². The van der Waals surface area contributed by atoms with E-state index < -0.39 is 0 Å². The number of hydrogen-bond donors (Lipinski definition) is 2.